The highest BCUT2D eigenvalue weighted by Crippen LogP contribution is 2.31. The number of rotatable bonds is 6. The molecule has 2 aliphatic heterocycles. The van der Waals surface area contributed by atoms with Crippen molar-refractivity contribution in [2.45, 2.75) is 50.9 Å². The van der Waals surface area contributed by atoms with E-state index in [1.807, 2.05) is 13.8 Å². The van der Waals surface area contributed by atoms with Crippen molar-refractivity contribution in [1.29, 1.82) is 0 Å². The van der Waals surface area contributed by atoms with Gasteiger partial charge in [-0.25, -0.2) is 4.98 Å². The fourth-order valence-electron chi connectivity index (χ4n) is 4.40. The lowest BCUT2D eigenvalue weighted by atomic mass is 10.1. The third kappa shape index (κ3) is 3.48. The SMILES string of the molecule is CCc1c(C)sc2nc(SCN3C(=O)c4ccccc4C3=O)n(C[C@@H]3CCCO3)c(=O)c12. The third-order valence-electron chi connectivity index (χ3n) is 6.04. The van der Waals surface area contributed by atoms with Gasteiger partial charge in [-0.05, 0) is 43.9 Å². The first-order chi connectivity index (χ1) is 15.5. The number of amides is 2. The van der Waals surface area contributed by atoms with E-state index in [4.69, 9.17) is 9.72 Å². The van der Waals surface area contributed by atoms with Crippen LogP contribution in [0.3, 0.4) is 0 Å². The van der Waals surface area contributed by atoms with E-state index in [-0.39, 0.29) is 29.4 Å². The molecule has 1 aromatic carbocycles. The van der Waals surface area contributed by atoms with Crippen molar-refractivity contribution in [1.82, 2.24) is 14.5 Å². The molecule has 2 aromatic heterocycles. The van der Waals surface area contributed by atoms with Gasteiger partial charge in [0.15, 0.2) is 5.16 Å². The number of ether oxygens (including phenoxy) is 1. The van der Waals surface area contributed by atoms with Gasteiger partial charge in [-0.3, -0.25) is 23.9 Å². The summed E-state index contributed by atoms with van der Waals surface area (Å²) in [5, 5.41) is 1.19. The molecule has 0 radical (unpaired) electrons. The quantitative estimate of drug-likeness (QED) is 0.310. The lowest BCUT2D eigenvalue weighted by Crippen LogP contribution is -2.31. The highest BCUT2D eigenvalue weighted by molar-refractivity contribution is 7.99. The normalized spacial score (nSPS) is 18.2. The molecule has 5 rings (SSSR count). The van der Waals surface area contributed by atoms with Crippen molar-refractivity contribution in [2.75, 3.05) is 12.5 Å². The maximum absolute atomic E-state index is 13.5. The van der Waals surface area contributed by atoms with Gasteiger partial charge in [-0.15, -0.1) is 11.3 Å². The summed E-state index contributed by atoms with van der Waals surface area (Å²) in [4.78, 5) is 46.9. The van der Waals surface area contributed by atoms with E-state index in [0.29, 0.717) is 39.7 Å². The minimum Gasteiger partial charge on any atom is -0.376 e. The first-order valence-electron chi connectivity index (χ1n) is 10.7. The Morgan fingerprint density at radius 3 is 2.53 bits per heavy atom. The molecule has 1 fully saturated rings. The Morgan fingerprint density at radius 2 is 1.91 bits per heavy atom. The number of thioether (sulfide) groups is 1. The molecule has 0 N–H and O–H groups in total. The van der Waals surface area contributed by atoms with Crippen LogP contribution in [0.1, 0.15) is 50.9 Å². The monoisotopic (exact) mass is 469 g/mol. The van der Waals surface area contributed by atoms with Crippen LogP contribution >= 0.6 is 23.1 Å². The Morgan fingerprint density at radius 1 is 1.19 bits per heavy atom. The zero-order chi connectivity index (χ0) is 22.4. The number of hydrogen-bond donors (Lipinski definition) is 0. The Bertz CT molecular complexity index is 1260. The van der Waals surface area contributed by atoms with E-state index in [1.54, 1.807) is 28.8 Å². The van der Waals surface area contributed by atoms with Crippen LogP contribution in [-0.2, 0) is 17.7 Å². The van der Waals surface area contributed by atoms with Gasteiger partial charge in [0.25, 0.3) is 17.4 Å². The number of fused-ring (bicyclic) bond motifs is 2. The Kier molecular flexibility index (Phi) is 5.65. The number of thiophene rings is 1. The van der Waals surface area contributed by atoms with E-state index in [0.717, 1.165) is 29.7 Å². The summed E-state index contributed by atoms with van der Waals surface area (Å²) in [5.41, 5.74) is 1.80. The molecule has 32 heavy (non-hydrogen) atoms. The summed E-state index contributed by atoms with van der Waals surface area (Å²) in [7, 11) is 0. The fraction of sp³-hybridized carbons (Fsp3) is 0.391. The van der Waals surface area contributed by atoms with E-state index in [9.17, 15) is 14.4 Å². The summed E-state index contributed by atoms with van der Waals surface area (Å²) in [6.45, 7) is 5.18. The number of aryl methyl sites for hydroxylation is 2. The van der Waals surface area contributed by atoms with E-state index in [1.165, 1.54) is 28.0 Å². The van der Waals surface area contributed by atoms with Gasteiger partial charge in [-0.2, -0.15) is 0 Å². The second-order valence-corrected chi connectivity index (χ2v) is 10.1. The van der Waals surface area contributed by atoms with E-state index in [2.05, 4.69) is 0 Å². The molecule has 9 heteroatoms. The summed E-state index contributed by atoms with van der Waals surface area (Å²) in [5.74, 6) is -0.527. The average molecular weight is 470 g/mol. The van der Waals surface area contributed by atoms with Gasteiger partial charge in [-0.1, -0.05) is 30.8 Å². The first kappa shape index (κ1) is 21.4. The minimum atomic E-state index is -0.313. The molecule has 0 unspecified atom stereocenters. The molecule has 7 nitrogen and oxygen atoms in total. The standard InChI is InChI=1S/C23H23N3O4S2/c1-3-15-13(2)32-19-18(15)22(29)25(11-14-7-6-10-30-14)23(24-19)31-12-26-20(27)16-8-4-5-9-17(16)21(26)28/h4-5,8-9,14H,3,6-7,10-12H2,1-2H3/t14-/m0/s1. The van der Waals surface area contributed by atoms with Crippen LogP contribution in [-0.4, -0.2) is 44.9 Å². The molecule has 1 saturated heterocycles. The van der Waals surface area contributed by atoms with Gasteiger partial charge < -0.3 is 4.74 Å². The van der Waals surface area contributed by atoms with Crippen LogP contribution in [0, 0.1) is 6.92 Å². The molecule has 0 aliphatic carbocycles. The van der Waals surface area contributed by atoms with Crippen molar-refractivity contribution in [2.24, 2.45) is 0 Å². The summed E-state index contributed by atoms with van der Waals surface area (Å²) in [6, 6.07) is 6.83. The second kappa shape index (κ2) is 8.46. The molecule has 166 valence electrons. The summed E-state index contributed by atoms with van der Waals surface area (Å²) in [6.07, 6.45) is 2.61. The van der Waals surface area contributed by atoms with Crippen LogP contribution < -0.4 is 5.56 Å². The smallest absolute Gasteiger partial charge is 0.263 e. The first-order valence-corrected chi connectivity index (χ1v) is 12.5. The number of carbonyl (C=O) groups is 2. The molecular weight excluding hydrogens is 446 g/mol. The molecule has 3 aromatic rings. The second-order valence-electron chi connectivity index (χ2n) is 7.97. The molecule has 0 saturated carbocycles. The lowest BCUT2D eigenvalue weighted by Gasteiger charge is -2.18. The van der Waals surface area contributed by atoms with Crippen LogP contribution in [0.25, 0.3) is 10.2 Å². The molecule has 0 bridgehead atoms. The molecule has 1 atom stereocenters. The van der Waals surface area contributed by atoms with E-state index >= 15 is 0 Å². The summed E-state index contributed by atoms with van der Waals surface area (Å²) >= 11 is 2.76. The zero-order valence-electron chi connectivity index (χ0n) is 17.9. The number of carbonyl (C=O) groups excluding carboxylic acids is 2. The number of imide groups is 1. The highest BCUT2D eigenvalue weighted by atomic mass is 32.2. The highest BCUT2D eigenvalue weighted by Gasteiger charge is 2.35. The van der Waals surface area contributed by atoms with Crippen LogP contribution in [0.5, 0.6) is 0 Å². The van der Waals surface area contributed by atoms with Gasteiger partial charge in [0.05, 0.1) is 35.0 Å². The van der Waals surface area contributed by atoms with Crippen molar-refractivity contribution < 1.29 is 14.3 Å². The zero-order valence-corrected chi connectivity index (χ0v) is 19.6. The summed E-state index contributed by atoms with van der Waals surface area (Å²) < 4.78 is 7.46. The number of hydrogen-bond acceptors (Lipinski definition) is 7. The lowest BCUT2D eigenvalue weighted by molar-refractivity contribution is 0.0683. The predicted octanol–water partition coefficient (Wildman–Crippen LogP) is 3.85. The van der Waals surface area contributed by atoms with Crippen molar-refractivity contribution >= 4 is 45.1 Å². The van der Waals surface area contributed by atoms with E-state index < -0.39 is 0 Å². The van der Waals surface area contributed by atoms with Crippen molar-refractivity contribution in [3.05, 3.63) is 56.2 Å². The number of nitrogens with zero attached hydrogens (tertiary/aromatic N) is 3. The number of aromatic nitrogens is 2. The van der Waals surface area contributed by atoms with Crippen molar-refractivity contribution in [3.63, 3.8) is 0 Å². The van der Waals surface area contributed by atoms with Gasteiger partial charge >= 0.3 is 0 Å². The molecule has 2 aliphatic rings. The van der Waals surface area contributed by atoms with Crippen molar-refractivity contribution in [3.8, 4) is 0 Å². The van der Waals surface area contributed by atoms with Crippen LogP contribution in [0.2, 0.25) is 0 Å². The molecule has 4 heterocycles. The maximum atomic E-state index is 13.5. The largest absolute Gasteiger partial charge is 0.376 e. The molecule has 0 spiro atoms. The Labute approximate surface area is 193 Å². The topological polar surface area (TPSA) is 81.5 Å². The number of benzene rings is 1. The molecule has 2 amide bonds. The predicted molar refractivity (Wildman–Crippen MR) is 125 cm³/mol. The van der Waals surface area contributed by atoms with Crippen LogP contribution in [0.4, 0.5) is 0 Å². The van der Waals surface area contributed by atoms with Gasteiger partial charge in [0.1, 0.15) is 4.83 Å². The van der Waals surface area contributed by atoms with Crippen LogP contribution in [0.15, 0.2) is 34.2 Å². The fourth-order valence-corrected chi connectivity index (χ4v) is 6.51. The molecular formula is C23H23N3O4S2. The van der Waals surface area contributed by atoms with Gasteiger partial charge in [0, 0.05) is 11.5 Å². The maximum Gasteiger partial charge on any atom is 0.263 e. The Hall–Kier alpha value is -2.49. The average Bonchev–Trinajstić information content (AvgIpc) is 3.47. The minimum absolute atomic E-state index is 0.0320. The Balaban J connectivity index is 1.51. The third-order valence-corrected chi connectivity index (χ3v) is 8.04. The van der Waals surface area contributed by atoms with Gasteiger partial charge in [0.2, 0.25) is 0 Å².